The van der Waals surface area contributed by atoms with Gasteiger partial charge in [0, 0.05) is 47.5 Å². The zero-order valence-corrected chi connectivity index (χ0v) is 18.4. The van der Waals surface area contributed by atoms with Gasteiger partial charge in [-0.25, -0.2) is 0 Å². The minimum Gasteiger partial charge on any atom is -0.414 e. The molecule has 3 heterocycles. The second kappa shape index (κ2) is 8.50. The van der Waals surface area contributed by atoms with Crippen molar-refractivity contribution in [3.05, 3.63) is 71.2 Å². The van der Waals surface area contributed by atoms with E-state index in [9.17, 15) is 9.90 Å². The molecule has 1 fully saturated rings. The van der Waals surface area contributed by atoms with Crippen molar-refractivity contribution in [2.45, 2.75) is 19.1 Å². The summed E-state index contributed by atoms with van der Waals surface area (Å²) in [5, 5.41) is 20.7. The van der Waals surface area contributed by atoms with E-state index in [0.29, 0.717) is 36.8 Å². The van der Waals surface area contributed by atoms with Crippen molar-refractivity contribution >= 4 is 28.3 Å². The van der Waals surface area contributed by atoms with E-state index < -0.39 is 6.23 Å². The fraction of sp³-hybridized carbons (Fsp3) is 0.292. The minimum absolute atomic E-state index is 0.0495. The largest absolute Gasteiger partial charge is 0.414 e. The lowest BCUT2D eigenvalue weighted by molar-refractivity contribution is -0.0217. The maximum absolute atomic E-state index is 12.9. The predicted molar refractivity (Wildman–Crippen MR) is 121 cm³/mol. The van der Waals surface area contributed by atoms with Gasteiger partial charge in [-0.1, -0.05) is 29.8 Å². The normalized spacial score (nSPS) is 16.5. The van der Waals surface area contributed by atoms with Gasteiger partial charge in [-0.05, 0) is 49.2 Å². The van der Waals surface area contributed by atoms with Gasteiger partial charge in [0.25, 0.3) is 5.89 Å². The molecular formula is C24H23ClN4O3. The Morgan fingerprint density at radius 3 is 2.62 bits per heavy atom. The smallest absolute Gasteiger partial charge is 0.284 e. The molecule has 4 aromatic rings. The molecule has 0 bridgehead atoms. The summed E-state index contributed by atoms with van der Waals surface area (Å²) < 4.78 is 7.62. The number of benzene rings is 2. The molecule has 0 amide bonds. The maximum atomic E-state index is 12.9. The Labute approximate surface area is 190 Å². The van der Waals surface area contributed by atoms with Crippen LogP contribution in [0.15, 0.2) is 59.0 Å². The van der Waals surface area contributed by atoms with E-state index in [1.54, 1.807) is 0 Å². The average Bonchev–Trinajstić information content (AvgIpc) is 3.44. The van der Waals surface area contributed by atoms with Crippen molar-refractivity contribution in [1.82, 2.24) is 19.7 Å². The van der Waals surface area contributed by atoms with Crippen LogP contribution in [-0.4, -0.2) is 43.6 Å². The van der Waals surface area contributed by atoms with Gasteiger partial charge < -0.3 is 14.1 Å². The van der Waals surface area contributed by atoms with Crippen LogP contribution in [0.1, 0.15) is 35.4 Å². The Morgan fingerprint density at radius 1 is 1.12 bits per heavy atom. The second-order valence-electron chi connectivity index (χ2n) is 8.16. The number of hydrogen-bond donors (Lipinski definition) is 1. The number of carbonyl (C=O) groups is 1. The third-order valence-corrected chi connectivity index (χ3v) is 6.44. The Kier molecular flexibility index (Phi) is 5.55. The van der Waals surface area contributed by atoms with E-state index in [4.69, 9.17) is 16.0 Å². The number of carbonyl (C=O) groups excluding carboxylic acids is 1. The summed E-state index contributed by atoms with van der Waals surface area (Å²) in [5.41, 5.74) is 2.60. The summed E-state index contributed by atoms with van der Waals surface area (Å²) in [6.45, 7) is 1.19. The van der Waals surface area contributed by atoms with Crippen LogP contribution < -0.4 is 0 Å². The second-order valence-corrected chi connectivity index (χ2v) is 8.59. The number of fused-ring (bicyclic) bond motifs is 1. The lowest BCUT2D eigenvalue weighted by Gasteiger charge is -2.34. The van der Waals surface area contributed by atoms with Crippen LogP contribution in [0, 0.1) is 5.92 Å². The molecule has 5 rings (SSSR count). The highest BCUT2D eigenvalue weighted by molar-refractivity contribution is 6.31. The molecular weight excluding hydrogens is 428 g/mol. The number of aromatic nitrogens is 3. The topological polar surface area (TPSA) is 84.4 Å². The molecule has 7 nitrogen and oxygen atoms in total. The SMILES string of the molecule is Cn1c(C(O)N2CCC(C(=O)c3nnc(-c4ccccc4)o3)CC2)cc2cc(Cl)ccc21. The number of nitrogens with zero attached hydrogens (tertiary/aromatic N) is 4. The Hall–Kier alpha value is -3.00. The Balaban J connectivity index is 1.26. The van der Waals surface area contributed by atoms with Gasteiger partial charge in [0.1, 0.15) is 6.23 Å². The van der Waals surface area contributed by atoms with Crippen LogP contribution in [0.3, 0.4) is 0 Å². The van der Waals surface area contributed by atoms with E-state index in [0.717, 1.165) is 22.2 Å². The molecule has 8 heteroatoms. The number of likely N-dealkylation sites (tertiary alicyclic amines) is 1. The number of Topliss-reactive ketones (excluding diaryl/α,β-unsaturated/α-hetero) is 1. The van der Waals surface area contributed by atoms with Gasteiger partial charge in [0.15, 0.2) is 0 Å². The number of aryl methyl sites for hydroxylation is 1. The summed E-state index contributed by atoms with van der Waals surface area (Å²) in [4.78, 5) is 14.9. The predicted octanol–water partition coefficient (Wildman–Crippen LogP) is 4.47. The molecule has 1 saturated heterocycles. The van der Waals surface area contributed by atoms with Crippen molar-refractivity contribution in [2.75, 3.05) is 13.1 Å². The molecule has 2 aromatic heterocycles. The third-order valence-electron chi connectivity index (χ3n) is 6.21. The maximum Gasteiger partial charge on any atom is 0.284 e. The number of rotatable bonds is 5. The van der Waals surface area contributed by atoms with Gasteiger partial charge in [0.2, 0.25) is 11.7 Å². The number of aliphatic hydroxyl groups excluding tert-OH is 1. The molecule has 1 aliphatic heterocycles. The van der Waals surface area contributed by atoms with Crippen molar-refractivity contribution < 1.29 is 14.3 Å². The number of hydrogen-bond acceptors (Lipinski definition) is 6. The van der Waals surface area contributed by atoms with E-state index in [-0.39, 0.29) is 17.6 Å². The van der Waals surface area contributed by atoms with Crippen molar-refractivity contribution in [2.24, 2.45) is 13.0 Å². The molecule has 164 valence electrons. The zero-order valence-electron chi connectivity index (χ0n) is 17.6. The van der Waals surface area contributed by atoms with Crippen LogP contribution in [0.2, 0.25) is 5.02 Å². The lowest BCUT2D eigenvalue weighted by Crippen LogP contribution is -2.39. The Bertz CT molecular complexity index is 1260. The summed E-state index contributed by atoms with van der Waals surface area (Å²) >= 11 is 6.11. The van der Waals surface area contributed by atoms with Crippen molar-refractivity contribution in [1.29, 1.82) is 0 Å². The van der Waals surface area contributed by atoms with Gasteiger partial charge in [-0.2, -0.15) is 0 Å². The fourth-order valence-electron chi connectivity index (χ4n) is 4.38. The fourth-order valence-corrected chi connectivity index (χ4v) is 4.56. The molecule has 1 N–H and O–H groups in total. The molecule has 0 aliphatic carbocycles. The highest BCUT2D eigenvalue weighted by Gasteiger charge is 2.32. The first-order chi connectivity index (χ1) is 15.5. The van der Waals surface area contributed by atoms with E-state index in [1.165, 1.54) is 0 Å². The zero-order chi connectivity index (χ0) is 22.2. The average molecular weight is 451 g/mol. The molecule has 1 unspecified atom stereocenters. The molecule has 2 aromatic carbocycles. The van der Waals surface area contributed by atoms with Crippen LogP contribution in [0.25, 0.3) is 22.4 Å². The lowest BCUT2D eigenvalue weighted by atomic mass is 9.92. The van der Waals surface area contributed by atoms with Crippen LogP contribution in [0.4, 0.5) is 0 Å². The highest BCUT2D eigenvalue weighted by atomic mass is 35.5. The minimum atomic E-state index is -0.754. The van der Waals surface area contributed by atoms with Gasteiger partial charge in [0.05, 0.1) is 5.69 Å². The number of piperidine rings is 1. The van der Waals surface area contributed by atoms with Gasteiger partial charge in [-0.3, -0.25) is 9.69 Å². The first-order valence-corrected chi connectivity index (χ1v) is 11.0. The summed E-state index contributed by atoms with van der Waals surface area (Å²) in [6.07, 6.45) is 0.485. The molecule has 1 aliphatic rings. The quantitative estimate of drug-likeness (QED) is 0.452. The van der Waals surface area contributed by atoms with E-state index >= 15 is 0 Å². The molecule has 0 radical (unpaired) electrons. The summed E-state index contributed by atoms with van der Waals surface area (Å²) in [7, 11) is 1.94. The molecule has 0 saturated carbocycles. The van der Waals surface area contributed by atoms with Crippen molar-refractivity contribution in [3.8, 4) is 11.5 Å². The van der Waals surface area contributed by atoms with Crippen LogP contribution in [0.5, 0.6) is 0 Å². The highest BCUT2D eigenvalue weighted by Crippen LogP contribution is 2.31. The Morgan fingerprint density at radius 2 is 1.88 bits per heavy atom. The number of halogens is 1. The first kappa shape index (κ1) is 20.9. The summed E-state index contributed by atoms with van der Waals surface area (Å²) in [5.74, 6) is 0.0629. The van der Waals surface area contributed by atoms with E-state index in [2.05, 4.69) is 10.2 Å². The standard InChI is InChI=1S/C24H23ClN4O3/c1-28-19-8-7-18(25)13-17(19)14-20(28)24(31)29-11-9-15(10-12-29)21(30)23-27-26-22(32-23)16-5-3-2-4-6-16/h2-8,13-15,24,31H,9-12H2,1H3. The van der Waals surface area contributed by atoms with E-state index in [1.807, 2.05) is 71.1 Å². The van der Waals surface area contributed by atoms with Gasteiger partial charge >= 0.3 is 0 Å². The molecule has 32 heavy (non-hydrogen) atoms. The van der Waals surface area contributed by atoms with Crippen LogP contribution in [-0.2, 0) is 7.05 Å². The summed E-state index contributed by atoms with van der Waals surface area (Å²) in [6, 6.07) is 17.1. The molecule has 0 spiro atoms. The number of aliphatic hydroxyl groups is 1. The first-order valence-electron chi connectivity index (χ1n) is 10.6. The third kappa shape index (κ3) is 3.83. The number of ketones is 1. The van der Waals surface area contributed by atoms with Crippen LogP contribution >= 0.6 is 11.6 Å². The van der Waals surface area contributed by atoms with Gasteiger partial charge in [-0.15, -0.1) is 10.2 Å². The monoisotopic (exact) mass is 450 g/mol. The van der Waals surface area contributed by atoms with Crippen molar-refractivity contribution in [3.63, 3.8) is 0 Å². The molecule has 1 atom stereocenters.